The molecule has 2 aromatic carbocycles. The van der Waals surface area contributed by atoms with Crippen molar-refractivity contribution < 1.29 is 8.78 Å². The third-order valence-electron chi connectivity index (χ3n) is 3.65. The van der Waals surface area contributed by atoms with E-state index in [-0.39, 0.29) is 6.04 Å². The molecule has 3 rings (SSSR count). The second-order valence-electron chi connectivity index (χ2n) is 4.90. The minimum atomic E-state index is -0.529. The lowest BCUT2D eigenvalue weighted by molar-refractivity contribution is 0.488. The first-order valence-corrected chi connectivity index (χ1v) is 6.49. The topological polar surface area (TPSA) is 12.0 Å². The zero-order chi connectivity index (χ0) is 13.2. The number of fused-ring (bicyclic) bond motifs is 1. The normalized spacial score (nSPS) is 18.1. The molecule has 1 heterocycles. The summed E-state index contributed by atoms with van der Waals surface area (Å²) in [6.45, 7) is 0.893. The Kier molecular flexibility index (Phi) is 3.30. The number of hydrogen-bond acceptors (Lipinski definition) is 1. The minimum Gasteiger partial charge on any atom is -0.309 e. The van der Waals surface area contributed by atoms with Crippen molar-refractivity contribution in [1.82, 2.24) is 5.32 Å². The van der Waals surface area contributed by atoms with Crippen molar-refractivity contribution in [2.75, 3.05) is 6.54 Å². The molecule has 1 atom stereocenters. The van der Waals surface area contributed by atoms with Crippen molar-refractivity contribution in [2.45, 2.75) is 18.9 Å². The zero-order valence-corrected chi connectivity index (χ0v) is 10.5. The third kappa shape index (κ3) is 2.51. The van der Waals surface area contributed by atoms with Crippen molar-refractivity contribution in [3.8, 4) is 0 Å². The lowest BCUT2D eigenvalue weighted by Gasteiger charge is -2.27. The third-order valence-corrected chi connectivity index (χ3v) is 3.65. The summed E-state index contributed by atoms with van der Waals surface area (Å²) in [5.74, 6) is -0.997. The van der Waals surface area contributed by atoms with Gasteiger partial charge in [0.15, 0.2) is 0 Å². The Morgan fingerprint density at radius 3 is 2.79 bits per heavy atom. The van der Waals surface area contributed by atoms with Gasteiger partial charge in [-0.3, -0.25) is 0 Å². The highest BCUT2D eigenvalue weighted by Crippen LogP contribution is 2.26. The molecule has 0 saturated heterocycles. The van der Waals surface area contributed by atoms with E-state index < -0.39 is 11.6 Å². The minimum absolute atomic E-state index is 0.102. The van der Waals surface area contributed by atoms with Crippen molar-refractivity contribution >= 4 is 0 Å². The smallest absolute Gasteiger partial charge is 0.129 e. The van der Waals surface area contributed by atoms with Crippen molar-refractivity contribution in [3.63, 3.8) is 0 Å². The fourth-order valence-corrected chi connectivity index (χ4v) is 2.68. The Morgan fingerprint density at radius 2 is 1.95 bits per heavy atom. The standard InChI is InChI=1S/C16H15F2N/c17-13-6-5-12(15(18)10-13)9-16-14-4-2-1-3-11(14)7-8-19-16/h1-6,10,16,19H,7-9H2. The van der Waals surface area contributed by atoms with Gasteiger partial charge in [-0.05, 0) is 42.1 Å². The fourth-order valence-electron chi connectivity index (χ4n) is 2.68. The highest BCUT2D eigenvalue weighted by Gasteiger charge is 2.20. The molecule has 0 spiro atoms. The maximum atomic E-state index is 13.7. The van der Waals surface area contributed by atoms with E-state index in [0.29, 0.717) is 12.0 Å². The average Bonchev–Trinajstić information content (AvgIpc) is 2.42. The van der Waals surface area contributed by atoms with E-state index in [4.69, 9.17) is 0 Å². The van der Waals surface area contributed by atoms with Crippen LogP contribution < -0.4 is 5.32 Å². The van der Waals surface area contributed by atoms with Crippen LogP contribution in [0.15, 0.2) is 42.5 Å². The molecule has 0 radical (unpaired) electrons. The average molecular weight is 259 g/mol. The van der Waals surface area contributed by atoms with Gasteiger partial charge in [0.2, 0.25) is 0 Å². The second kappa shape index (κ2) is 5.10. The predicted octanol–water partition coefficient (Wildman–Crippen LogP) is 3.39. The molecule has 98 valence electrons. The Labute approximate surface area is 111 Å². The van der Waals surface area contributed by atoms with E-state index in [1.165, 1.54) is 23.3 Å². The quantitative estimate of drug-likeness (QED) is 0.871. The number of hydrogen-bond donors (Lipinski definition) is 1. The summed E-state index contributed by atoms with van der Waals surface area (Å²) < 4.78 is 26.6. The summed E-state index contributed by atoms with van der Waals surface area (Å²) in [5.41, 5.74) is 3.09. The molecular formula is C16H15F2N. The lowest BCUT2D eigenvalue weighted by Crippen LogP contribution is -2.31. The van der Waals surface area contributed by atoms with Crippen molar-refractivity contribution in [1.29, 1.82) is 0 Å². The van der Waals surface area contributed by atoms with Crippen molar-refractivity contribution in [2.24, 2.45) is 0 Å². The van der Waals surface area contributed by atoms with Crippen LogP contribution in [-0.2, 0) is 12.8 Å². The van der Waals surface area contributed by atoms with Gasteiger partial charge in [-0.15, -0.1) is 0 Å². The molecule has 19 heavy (non-hydrogen) atoms. The van der Waals surface area contributed by atoms with Crippen LogP contribution >= 0.6 is 0 Å². The first kappa shape index (κ1) is 12.3. The van der Waals surface area contributed by atoms with Gasteiger partial charge < -0.3 is 5.32 Å². The molecule has 2 aromatic rings. The Bertz CT molecular complexity index is 595. The maximum absolute atomic E-state index is 13.7. The summed E-state index contributed by atoms with van der Waals surface area (Å²) in [5, 5.41) is 3.41. The van der Waals surface area contributed by atoms with Crippen LogP contribution in [0.2, 0.25) is 0 Å². The molecule has 1 unspecified atom stereocenters. The van der Waals surface area contributed by atoms with Gasteiger partial charge in [0, 0.05) is 12.1 Å². The monoisotopic (exact) mass is 259 g/mol. The lowest BCUT2D eigenvalue weighted by atomic mass is 9.90. The van der Waals surface area contributed by atoms with E-state index in [9.17, 15) is 8.78 Å². The molecule has 0 aromatic heterocycles. The number of halogens is 2. The van der Waals surface area contributed by atoms with Gasteiger partial charge in [0.25, 0.3) is 0 Å². The van der Waals surface area contributed by atoms with E-state index in [1.54, 1.807) is 0 Å². The van der Waals surface area contributed by atoms with Crippen LogP contribution in [0, 0.1) is 11.6 Å². The van der Waals surface area contributed by atoms with E-state index in [2.05, 4.69) is 17.4 Å². The molecule has 0 saturated carbocycles. The summed E-state index contributed by atoms with van der Waals surface area (Å²) in [6, 6.07) is 12.1. The Hall–Kier alpha value is -1.74. The molecule has 1 N–H and O–H groups in total. The summed E-state index contributed by atoms with van der Waals surface area (Å²) >= 11 is 0. The molecule has 0 aliphatic carbocycles. The number of nitrogens with one attached hydrogen (secondary N) is 1. The van der Waals surface area contributed by atoms with Gasteiger partial charge in [-0.2, -0.15) is 0 Å². The van der Waals surface area contributed by atoms with Gasteiger partial charge >= 0.3 is 0 Å². The van der Waals surface area contributed by atoms with E-state index in [1.807, 2.05) is 12.1 Å². The van der Waals surface area contributed by atoms with Crippen LogP contribution in [0.1, 0.15) is 22.7 Å². The molecule has 3 heteroatoms. The van der Waals surface area contributed by atoms with Crippen LogP contribution in [-0.4, -0.2) is 6.54 Å². The maximum Gasteiger partial charge on any atom is 0.129 e. The molecule has 1 nitrogen and oxygen atoms in total. The second-order valence-corrected chi connectivity index (χ2v) is 4.90. The molecule has 0 fully saturated rings. The summed E-state index contributed by atoms with van der Waals surface area (Å²) in [6.07, 6.45) is 1.54. The Morgan fingerprint density at radius 1 is 1.11 bits per heavy atom. The number of benzene rings is 2. The first-order chi connectivity index (χ1) is 9.24. The summed E-state index contributed by atoms with van der Waals surface area (Å²) in [7, 11) is 0. The highest BCUT2D eigenvalue weighted by molar-refractivity contribution is 5.34. The van der Waals surface area contributed by atoms with Crippen LogP contribution in [0.25, 0.3) is 0 Å². The largest absolute Gasteiger partial charge is 0.309 e. The van der Waals surface area contributed by atoms with Crippen LogP contribution in [0.4, 0.5) is 8.78 Å². The molecule has 1 aliphatic heterocycles. The molecule has 0 amide bonds. The molecule has 1 aliphatic rings. The van der Waals surface area contributed by atoms with Gasteiger partial charge in [-0.1, -0.05) is 30.3 Å². The predicted molar refractivity (Wildman–Crippen MR) is 71.0 cm³/mol. The van der Waals surface area contributed by atoms with E-state index >= 15 is 0 Å². The molecule has 0 bridgehead atoms. The Balaban J connectivity index is 1.88. The van der Waals surface area contributed by atoms with Crippen LogP contribution in [0.5, 0.6) is 0 Å². The fraction of sp³-hybridized carbons (Fsp3) is 0.250. The van der Waals surface area contributed by atoms with E-state index in [0.717, 1.165) is 19.0 Å². The summed E-state index contributed by atoms with van der Waals surface area (Å²) in [4.78, 5) is 0. The van der Waals surface area contributed by atoms with Crippen molar-refractivity contribution in [3.05, 3.63) is 70.8 Å². The number of rotatable bonds is 2. The van der Waals surface area contributed by atoms with Gasteiger partial charge in [0.1, 0.15) is 11.6 Å². The van der Waals surface area contributed by atoms with Gasteiger partial charge in [0.05, 0.1) is 0 Å². The van der Waals surface area contributed by atoms with Gasteiger partial charge in [-0.25, -0.2) is 8.78 Å². The SMILES string of the molecule is Fc1ccc(CC2NCCc3ccccc32)c(F)c1. The zero-order valence-electron chi connectivity index (χ0n) is 10.5. The first-order valence-electron chi connectivity index (χ1n) is 6.49. The van der Waals surface area contributed by atoms with Crippen LogP contribution in [0.3, 0.4) is 0 Å². The molecular weight excluding hydrogens is 244 g/mol. The highest BCUT2D eigenvalue weighted by atomic mass is 19.1.